The maximum absolute atomic E-state index is 5.92. The van der Waals surface area contributed by atoms with E-state index in [4.69, 9.17) is 11.6 Å². The Bertz CT molecular complexity index is 497. The summed E-state index contributed by atoms with van der Waals surface area (Å²) in [5, 5.41) is 11.8. The fourth-order valence-corrected chi connectivity index (χ4v) is 1.80. The lowest BCUT2D eigenvalue weighted by molar-refractivity contribution is 0.767. The van der Waals surface area contributed by atoms with Crippen LogP contribution in [0.25, 0.3) is 5.69 Å². The van der Waals surface area contributed by atoms with Crippen molar-refractivity contribution >= 4 is 27.5 Å². The maximum atomic E-state index is 5.92. The van der Waals surface area contributed by atoms with E-state index < -0.39 is 0 Å². The molecule has 0 atom stereocenters. The van der Waals surface area contributed by atoms with Crippen LogP contribution in [0.4, 0.5) is 0 Å². The van der Waals surface area contributed by atoms with Crippen molar-refractivity contribution in [2.24, 2.45) is 0 Å². The summed E-state index contributed by atoms with van der Waals surface area (Å²) in [6, 6.07) is 5.62. The van der Waals surface area contributed by atoms with Gasteiger partial charge in [-0.2, -0.15) is 0 Å². The van der Waals surface area contributed by atoms with Gasteiger partial charge in [-0.1, -0.05) is 16.8 Å². The molecule has 0 saturated heterocycles. The van der Waals surface area contributed by atoms with Gasteiger partial charge in [-0.15, -0.1) is 5.10 Å². The number of nitrogens with one attached hydrogen (secondary N) is 1. The number of hydrogen-bond acceptors (Lipinski definition) is 3. The van der Waals surface area contributed by atoms with Crippen molar-refractivity contribution in [1.82, 2.24) is 20.3 Å². The average molecular weight is 302 g/mol. The van der Waals surface area contributed by atoms with E-state index in [-0.39, 0.29) is 0 Å². The standard InChI is InChI=1S/C10H10BrClN4/c1-13-5-7-6-16(15-14-7)8-2-3-10(12)9(11)4-8/h2-4,6,13H,5H2,1H3. The molecule has 0 radical (unpaired) electrons. The van der Waals surface area contributed by atoms with E-state index in [2.05, 4.69) is 31.6 Å². The van der Waals surface area contributed by atoms with Crippen LogP contribution in [0.3, 0.4) is 0 Å². The molecule has 0 unspecified atom stereocenters. The molecule has 1 N–H and O–H groups in total. The Balaban J connectivity index is 2.31. The van der Waals surface area contributed by atoms with E-state index in [9.17, 15) is 0 Å². The van der Waals surface area contributed by atoms with Gasteiger partial charge < -0.3 is 5.32 Å². The van der Waals surface area contributed by atoms with Crippen molar-refractivity contribution in [3.05, 3.63) is 39.6 Å². The first-order chi connectivity index (χ1) is 7.70. The molecule has 0 amide bonds. The van der Waals surface area contributed by atoms with E-state index in [1.807, 2.05) is 31.4 Å². The molecular formula is C10H10BrClN4. The van der Waals surface area contributed by atoms with E-state index in [1.165, 1.54) is 0 Å². The summed E-state index contributed by atoms with van der Waals surface area (Å²) >= 11 is 9.30. The number of benzene rings is 1. The molecule has 0 saturated carbocycles. The predicted molar refractivity (Wildman–Crippen MR) is 66.8 cm³/mol. The summed E-state index contributed by atoms with van der Waals surface area (Å²) in [7, 11) is 1.87. The monoisotopic (exact) mass is 300 g/mol. The van der Waals surface area contributed by atoms with E-state index in [1.54, 1.807) is 4.68 Å². The molecule has 84 valence electrons. The Morgan fingerprint density at radius 1 is 1.50 bits per heavy atom. The van der Waals surface area contributed by atoms with Gasteiger partial charge >= 0.3 is 0 Å². The number of rotatable bonds is 3. The van der Waals surface area contributed by atoms with Crippen LogP contribution in [-0.4, -0.2) is 22.0 Å². The van der Waals surface area contributed by atoms with Crippen LogP contribution in [0.2, 0.25) is 5.02 Å². The molecule has 0 aliphatic heterocycles. The third kappa shape index (κ3) is 2.42. The Kier molecular flexibility index (Phi) is 3.58. The molecule has 1 aromatic carbocycles. The fraction of sp³-hybridized carbons (Fsp3) is 0.200. The molecule has 0 spiro atoms. The van der Waals surface area contributed by atoms with E-state index in [0.717, 1.165) is 15.9 Å². The first-order valence-electron chi connectivity index (χ1n) is 4.72. The van der Waals surface area contributed by atoms with Gasteiger partial charge in [0.15, 0.2) is 0 Å². The Labute approximate surface area is 107 Å². The molecule has 2 aromatic rings. The van der Waals surface area contributed by atoms with Crippen molar-refractivity contribution in [2.45, 2.75) is 6.54 Å². The molecule has 1 heterocycles. The number of hydrogen-bond donors (Lipinski definition) is 1. The van der Waals surface area contributed by atoms with Crippen molar-refractivity contribution in [2.75, 3.05) is 7.05 Å². The lowest BCUT2D eigenvalue weighted by Gasteiger charge is -2.01. The molecule has 0 aliphatic carbocycles. The maximum Gasteiger partial charge on any atom is 0.0969 e. The Morgan fingerprint density at radius 2 is 2.31 bits per heavy atom. The van der Waals surface area contributed by atoms with Gasteiger partial charge in [0.25, 0.3) is 0 Å². The topological polar surface area (TPSA) is 42.7 Å². The molecule has 1 aromatic heterocycles. The van der Waals surface area contributed by atoms with Crippen molar-refractivity contribution in [3.63, 3.8) is 0 Å². The van der Waals surface area contributed by atoms with E-state index in [0.29, 0.717) is 11.6 Å². The highest BCUT2D eigenvalue weighted by Gasteiger charge is 2.04. The third-order valence-electron chi connectivity index (χ3n) is 2.07. The SMILES string of the molecule is CNCc1cn(-c2ccc(Cl)c(Br)c2)nn1. The van der Waals surface area contributed by atoms with Gasteiger partial charge in [-0.3, -0.25) is 0 Å². The van der Waals surface area contributed by atoms with Crippen LogP contribution < -0.4 is 5.32 Å². The number of nitrogens with zero attached hydrogens (tertiary/aromatic N) is 3. The largest absolute Gasteiger partial charge is 0.314 e. The zero-order valence-electron chi connectivity index (χ0n) is 8.61. The second-order valence-corrected chi connectivity index (χ2v) is 4.54. The van der Waals surface area contributed by atoms with Crippen molar-refractivity contribution in [3.8, 4) is 5.69 Å². The Morgan fingerprint density at radius 3 is 3.00 bits per heavy atom. The Hall–Kier alpha value is -0.910. The van der Waals surface area contributed by atoms with Gasteiger partial charge in [0, 0.05) is 11.0 Å². The van der Waals surface area contributed by atoms with Gasteiger partial charge in [0.1, 0.15) is 0 Å². The first kappa shape index (κ1) is 11.6. The number of aromatic nitrogens is 3. The van der Waals surface area contributed by atoms with Gasteiger partial charge in [-0.05, 0) is 41.2 Å². The van der Waals surface area contributed by atoms with Crippen LogP contribution in [0.15, 0.2) is 28.9 Å². The van der Waals surface area contributed by atoms with Gasteiger partial charge in [0.05, 0.1) is 22.6 Å². The molecule has 0 aliphatic rings. The van der Waals surface area contributed by atoms with Crippen molar-refractivity contribution in [1.29, 1.82) is 0 Å². The highest BCUT2D eigenvalue weighted by atomic mass is 79.9. The van der Waals surface area contributed by atoms with Crippen LogP contribution >= 0.6 is 27.5 Å². The summed E-state index contributed by atoms with van der Waals surface area (Å²) in [6.07, 6.45) is 1.88. The van der Waals surface area contributed by atoms with Crippen LogP contribution in [0, 0.1) is 0 Å². The minimum Gasteiger partial charge on any atom is -0.314 e. The lowest BCUT2D eigenvalue weighted by atomic mass is 10.3. The van der Waals surface area contributed by atoms with Gasteiger partial charge in [0.2, 0.25) is 0 Å². The summed E-state index contributed by atoms with van der Waals surface area (Å²) in [5.74, 6) is 0. The summed E-state index contributed by atoms with van der Waals surface area (Å²) < 4.78 is 2.56. The smallest absolute Gasteiger partial charge is 0.0969 e. The molecule has 6 heteroatoms. The fourth-order valence-electron chi connectivity index (χ4n) is 1.31. The van der Waals surface area contributed by atoms with Gasteiger partial charge in [-0.25, -0.2) is 4.68 Å². The molecular weight excluding hydrogens is 291 g/mol. The lowest BCUT2D eigenvalue weighted by Crippen LogP contribution is -2.04. The average Bonchev–Trinajstić information content (AvgIpc) is 2.71. The molecule has 4 nitrogen and oxygen atoms in total. The second-order valence-electron chi connectivity index (χ2n) is 3.28. The molecule has 0 fully saturated rings. The highest BCUT2D eigenvalue weighted by molar-refractivity contribution is 9.10. The summed E-state index contributed by atoms with van der Waals surface area (Å²) in [6.45, 7) is 0.703. The molecule has 0 bridgehead atoms. The molecule has 2 rings (SSSR count). The minimum atomic E-state index is 0.680. The minimum absolute atomic E-state index is 0.680. The number of halogens is 2. The van der Waals surface area contributed by atoms with Crippen LogP contribution in [0.5, 0.6) is 0 Å². The zero-order chi connectivity index (χ0) is 11.5. The quantitative estimate of drug-likeness (QED) is 0.946. The molecule has 16 heavy (non-hydrogen) atoms. The zero-order valence-corrected chi connectivity index (χ0v) is 11.0. The van der Waals surface area contributed by atoms with E-state index >= 15 is 0 Å². The predicted octanol–water partition coefficient (Wildman–Crippen LogP) is 2.40. The van der Waals surface area contributed by atoms with Crippen LogP contribution in [-0.2, 0) is 6.54 Å². The summed E-state index contributed by atoms with van der Waals surface area (Å²) in [5.41, 5.74) is 1.82. The van der Waals surface area contributed by atoms with Crippen molar-refractivity contribution < 1.29 is 0 Å². The first-order valence-corrected chi connectivity index (χ1v) is 5.89. The normalized spacial score (nSPS) is 10.7. The second kappa shape index (κ2) is 4.95. The highest BCUT2D eigenvalue weighted by Crippen LogP contribution is 2.24. The third-order valence-corrected chi connectivity index (χ3v) is 3.28. The summed E-state index contributed by atoms with van der Waals surface area (Å²) in [4.78, 5) is 0. The van der Waals surface area contributed by atoms with Crippen LogP contribution in [0.1, 0.15) is 5.69 Å².